The summed E-state index contributed by atoms with van der Waals surface area (Å²) >= 11 is 13.7. The van der Waals surface area contributed by atoms with Crippen molar-refractivity contribution in [2.24, 2.45) is 0 Å². The van der Waals surface area contributed by atoms with Crippen molar-refractivity contribution in [3.63, 3.8) is 0 Å². The lowest BCUT2D eigenvalue weighted by Crippen LogP contribution is -1.98. The standard InChI is InChI=1S/C14H10Cl2N4S/c1-7-18-5-10(13(17)19-7)14-20-12(6-21-14)9-4-8(15)2-3-11(9)16/h2-6H,1H3,(H2,17,18,19). The van der Waals surface area contributed by atoms with Crippen LogP contribution in [0.2, 0.25) is 10.0 Å². The molecule has 0 aliphatic rings. The highest BCUT2D eigenvalue weighted by Crippen LogP contribution is 2.35. The topological polar surface area (TPSA) is 64.7 Å². The van der Waals surface area contributed by atoms with E-state index in [-0.39, 0.29) is 0 Å². The zero-order valence-electron chi connectivity index (χ0n) is 11.0. The van der Waals surface area contributed by atoms with Gasteiger partial charge >= 0.3 is 0 Å². The Bertz CT molecular complexity index is 816. The van der Waals surface area contributed by atoms with Crippen LogP contribution in [0.25, 0.3) is 21.8 Å². The molecular formula is C14H10Cl2N4S. The van der Waals surface area contributed by atoms with Crippen molar-refractivity contribution in [2.75, 3.05) is 5.73 Å². The number of aromatic nitrogens is 3. The van der Waals surface area contributed by atoms with E-state index in [1.54, 1.807) is 31.3 Å². The molecule has 3 rings (SSSR count). The van der Waals surface area contributed by atoms with E-state index in [1.165, 1.54) is 11.3 Å². The van der Waals surface area contributed by atoms with E-state index in [2.05, 4.69) is 15.0 Å². The molecule has 0 saturated carbocycles. The van der Waals surface area contributed by atoms with E-state index in [0.29, 0.717) is 21.7 Å². The average Bonchev–Trinajstić information content (AvgIpc) is 2.91. The normalized spacial score (nSPS) is 10.8. The molecule has 1 aromatic carbocycles. The Kier molecular flexibility index (Phi) is 3.80. The third-order valence-electron chi connectivity index (χ3n) is 2.88. The van der Waals surface area contributed by atoms with Crippen LogP contribution in [0.3, 0.4) is 0 Å². The number of nitrogens with zero attached hydrogens (tertiary/aromatic N) is 3. The van der Waals surface area contributed by atoms with Crippen LogP contribution in [-0.2, 0) is 0 Å². The van der Waals surface area contributed by atoms with E-state index in [4.69, 9.17) is 28.9 Å². The highest BCUT2D eigenvalue weighted by Gasteiger charge is 2.13. The summed E-state index contributed by atoms with van der Waals surface area (Å²) in [5.41, 5.74) is 8.18. The van der Waals surface area contributed by atoms with Crippen molar-refractivity contribution in [1.82, 2.24) is 15.0 Å². The lowest BCUT2D eigenvalue weighted by Gasteiger charge is -2.02. The van der Waals surface area contributed by atoms with Crippen molar-refractivity contribution in [3.05, 3.63) is 45.6 Å². The Hall–Kier alpha value is -1.69. The molecule has 0 fully saturated rings. The molecule has 2 aromatic heterocycles. The van der Waals surface area contributed by atoms with Crippen molar-refractivity contribution in [3.8, 4) is 21.8 Å². The van der Waals surface area contributed by atoms with Crippen LogP contribution in [0.5, 0.6) is 0 Å². The molecule has 0 atom stereocenters. The highest BCUT2D eigenvalue weighted by atomic mass is 35.5. The minimum Gasteiger partial charge on any atom is -0.383 e. The second-order valence-electron chi connectivity index (χ2n) is 4.38. The summed E-state index contributed by atoms with van der Waals surface area (Å²) in [6, 6.07) is 5.28. The van der Waals surface area contributed by atoms with Gasteiger partial charge in [0.2, 0.25) is 0 Å². The van der Waals surface area contributed by atoms with Crippen molar-refractivity contribution in [2.45, 2.75) is 6.92 Å². The van der Waals surface area contributed by atoms with Gasteiger partial charge < -0.3 is 5.73 Å². The van der Waals surface area contributed by atoms with Gasteiger partial charge in [-0.3, -0.25) is 0 Å². The highest BCUT2D eigenvalue weighted by molar-refractivity contribution is 7.13. The number of nitrogen functional groups attached to an aromatic ring is 1. The van der Waals surface area contributed by atoms with E-state index < -0.39 is 0 Å². The second-order valence-corrected chi connectivity index (χ2v) is 6.08. The van der Waals surface area contributed by atoms with Crippen LogP contribution < -0.4 is 5.73 Å². The molecule has 0 spiro atoms. The van der Waals surface area contributed by atoms with Gasteiger partial charge in [0.15, 0.2) is 0 Å². The Morgan fingerprint density at radius 3 is 2.71 bits per heavy atom. The Labute approximate surface area is 135 Å². The van der Waals surface area contributed by atoms with Crippen LogP contribution in [0, 0.1) is 6.92 Å². The molecule has 4 nitrogen and oxygen atoms in total. The second kappa shape index (κ2) is 5.60. The molecule has 0 aliphatic heterocycles. The van der Waals surface area contributed by atoms with Crippen molar-refractivity contribution in [1.29, 1.82) is 0 Å². The first-order valence-electron chi connectivity index (χ1n) is 6.05. The number of rotatable bonds is 2. The van der Waals surface area contributed by atoms with Crippen LogP contribution in [0.1, 0.15) is 5.82 Å². The average molecular weight is 337 g/mol. The number of hydrogen-bond acceptors (Lipinski definition) is 5. The van der Waals surface area contributed by atoms with Gasteiger partial charge in [-0.05, 0) is 25.1 Å². The van der Waals surface area contributed by atoms with Gasteiger partial charge in [0.1, 0.15) is 16.6 Å². The van der Waals surface area contributed by atoms with E-state index in [0.717, 1.165) is 21.8 Å². The predicted octanol–water partition coefficient (Wildman–Crippen LogP) is 4.46. The first-order chi connectivity index (χ1) is 10.0. The van der Waals surface area contributed by atoms with Gasteiger partial charge in [0.25, 0.3) is 0 Å². The molecule has 0 radical (unpaired) electrons. The minimum atomic E-state index is 0.417. The summed E-state index contributed by atoms with van der Waals surface area (Å²) in [5.74, 6) is 1.05. The fourth-order valence-electron chi connectivity index (χ4n) is 1.87. The fourth-order valence-corrected chi connectivity index (χ4v) is 3.09. The molecule has 21 heavy (non-hydrogen) atoms. The number of benzene rings is 1. The number of thiazole rings is 1. The maximum Gasteiger partial charge on any atom is 0.137 e. The largest absolute Gasteiger partial charge is 0.383 e. The van der Waals surface area contributed by atoms with E-state index >= 15 is 0 Å². The zero-order chi connectivity index (χ0) is 15.0. The molecule has 0 unspecified atom stereocenters. The predicted molar refractivity (Wildman–Crippen MR) is 87.7 cm³/mol. The molecule has 0 bridgehead atoms. The monoisotopic (exact) mass is 336 g/mol. The summed E-state index contributed by atoms with van der Waals surface area (Å²) in [6.45, 7) is 1.79. The third-order valence-corrected chi connectivity index (χ3v) is 4.32. The molecule has 7 heteroatoms. The summed E-state index contributed by atoms with van der Waals surface area (Å²) < 4.78 is 0. The first kappa shape index (κ1) is 14.3. The molecule has 0 aliphatic carbocycles. The Morgan fingerprint density at radius 2 is 1.95 bits per heavy atom. The van der Waals surface area contributed by atoms with Gasteiger partial charge in [-0.1, -0.05) is 23.2 Å². The van der Waals surface area contributed by atoms with E-state index in [9.17, 15) is 0 Å². The number of nitrogens with two attached hydrogens (primary N) is 1. The van der Waals surface area contributed by atoms with Gasteiger partial charge in [0, 0.05) is 22.2 Å². The smallest absolute Gasteiger partial charge is 0.137 e. The Balaban J connectivity index is 2.06. The molecular weight excluding hydrogens is 327 g/mol. The molecule has 2 N–H and O–H groups in total. The SMILES string of the molecule is Cc1ncc(-c2nc(-c3cc(Cl)ccc3Cl)cs2)c(N)n1. The van der Waals surface area contributed by atoms with Crippen LogP contribution in [0.4, 0.5) is 5.82 Å². The summed E-state index contributed by atoms with van der Waals surface area (Å²) in [5, 5.41) is 3.87. The van der Waals surface area contributed by atoms with Crippen LogP contribution in [0.15, 0.2) is 29.8 Å². The molecule has 2 heterocycles. The number of halogens is 2. The number of anilines is 1. The van der Waals surface area contributed by atoms with Crippen molar-refractivity contribution >= 4 is 40.4 Å². The number of hydrogen-bond donors (Lipinski definition) is 1. The molecule has 3 aromatic rings. The fraction of sp³-hybridized carbons (Fsp3) is 0.0714. The molecule has 106 valence electrons. The van der Waals surface area contributed by atoms with Gasteiger partial charge in [-0.2, -0.15) is 0 Å². The van der Waals surface area contributed by atoms with Gasteiger partial charge in [-0.25, -0.2) is 15.0 Å². The molecule has 0 saturated heterocycles. The maximum absolute atomic E-state index is 6.19. The van der Waals surface area contributed by atoms with Crippen LogP contribution in [-0.4, -0.2) is 15.0 Å². The summed E-state index contributed by atoms with van der Waals surface area (Å²) in [4.78, 5) is 12.9. The number of aryl methyl sites for hydroxylation is 1. The van der Waals surface area contributed by atoms with E-state index in [1.807, 2.05) is 5.38 Å². The van der Waals surface area contributed by atoms with Gasteiger partial charge in [0.05, 0.1) is 16.3 Å². The first-order valence-corrected chi connectivity index (χ1v) is 7.68. The van der Waals surface area contributed by atoms with Crippen molar-refractivity contribution < 1.29 is 0 Å². The quantitative estimate of drug-likeness (QED) is 0.750. The van der Waals surface area contributed by atoms with Crippen LogP contribution >= 0.6 is 34.5 Å². The van der Waals surface area contributed by atoms with Gasteiger partial charge in [-0.15, -0.1) is 11.3 Å². The lowest BCUT2D eigenvalue weighted by molar-refractivity contribution is 1.06. The summed E-state index contributed by atoms with van der Waals surface area (Å²) in [7, 11) is 0. The lowest BCUT2D eigenvalue weighted by atomic mass is 10.2. The molecule has 0 amide bonds. The zero-order valence-corrected chi connectivity index (χ0v) is 13.3. The summed E-state index contributed by atoms with van der Waals surface area (Å²) in [6.07, 6.45) is 1.68. The third kappa shape index (κ3) is 2.85. The minimum absolute atomic E-state index is 0.417. The maximum atomic E-state index is 6.19. The Morgan fingerprint density at radius 1 is 1.14 bits per heavy atom.